The molecule has 0 bridgehead atoms. The molecule has 0 spiro atoms. The standard InChI is InChI=1S/C66H93N2O15P/c1-41-31-49(32-42(2)51(41)35-47-27-29-53(69)55(67-47)45-23-19-17-20-24-45)80-65(37-76-57(71)61(5,6)7,38-77-58(72)62(8,9)10)82-84(75)83-66(39-78-59(73)63(11,12)13,40-79-60(74)64(14,15)16)81-50-33-43(3)52(44(4)34-50)36-48-28-30-54(70)56(68-48)46-25-21-18-22-26-46/h27-34,45-46,69-70,84H,17-26,35-40H2,1-16H3. The van der Waals surface area contributed by atoms with Crippen LogP contribution in [0.2, 0.25) is 0 Å². The number of carbonyl (C=O) groups excluding carboxylic acids is 4. The van der Waals surface area contributed by atoms with Crippen LogP contribution in [0.3, 0.4) is 0 Å². The van der Waals surface area contributed by atoms with Crippen LogP contribution >= 0.6 is 8.25 Å². The molecule has 18 heteroatoms. The first kappa shape index (κ1) is 67.1. The fourth-order valence-electron chi connectivity index (χ4n) is 10.2. The number of aryl methyl sites for hydroxylation is 4. The van der Waals surface area contributed by atoms with Crippen LogP contribution in [0.1, 0.15) is 215 Å². The molecule has 0 amide bonds. The summed E-state index contributed by atoms with van der Waals surface area (Å²) in [5, 5.41) is 21.8. The number of pyridine rings is 2. The van der Waals surface area contributed by atoms with Crippen molar-refractivity contribution in [1.29, 1.82) is 0 Å². The van der Waals surface area contributed by atoms with Crippen molar-refractivity contribution in [3.63, 3.8) is 0 Å². The van der Waals surface area contributed by atoms with Crippen LogP contribution < -0.4 is 9.47 Å². The van der Waals surface area contributed by atoms with Crippen LogP contribution in [0.25, 0.3) is 0 Å². The molecule has 2 heterocycles. The molecule has 0 unspecified atom stereocenters. The number of esters is 4. The van der Waals surface area contributed by atoms with Gasteiger partial charge in [-0.2, -0.15) is 0 Å². The van der Waals surface area contributed by atoms with Gasteiger partial charge in [0.15, 0.2) is 26.4 Å². The molecule has 0 atom stereocenters. The van der Waals surface area contributed by atoms with Crippen molar-refractivity contribution in [2.45, 2.75) is 211 Å². The lowest BCUT2D eigenvalue weighted by Gasteiger charge is -2.37. The summed E-state index contributed by atoms with van der Waals surface area (Å²) in [7, 11) is -4.16. The second-order valence-electron chi connectivity index (χ2n) is 27.3. The van der Waals surface area contributed by atoms with E-state index in [0.717, 1.165) is 109 Å². The summed E-state index contributed by atoms with van der Waals surface area (Å²) in [6.07, 6.45) is 11.4. The van der Waals surface area contributed by atoms with Gasteiger partial charge in [-0.15, -0.1) is 0 Å². The van der Waals surface area contributed by atoms with Gasteiger partial charge in [0.1, 0.15) is 23.0 Å². The highest BCUT2D eigenvalue weighted by Gasteiger charge is 2.47. The molecule has 17 nitrogen and oxygen atoms in total. The van der Waals surface area contributed by atoms with E-state index in [4.69, 9.17) is 47.4 Å². The van der Waals surface area contributed by atoms with Gasteiger partial charge in [0.2, 0.25) is 0 Å². The number of hydrogen-bond donors (Lipinski definition) is 2. The zero-order valence-corrected chi connectivity index (χ0v) is 53.7. The molecule has 2 N–H and O–H groups in total. The molecular weight excluding hydrogens is 1090 g/mol. The first-order chi connectivity index (χ1) is 39.1. The molecule has 6 rings (SSSR count). The largest absolute Gasteiger partial charge is 0.506 e. The van der Waals surface area contributed by atoms with Crippen molar-refractivity contribution >= 4 is 32.1 Å². The minimum Gasteiger partial charge on any atom is -0.506 e. The van der Waals surface area contributed by atoms with E-state index < -0.39 is 91.8 Å². The Morgan fingerprint density at radius 1 is 0.464 bits per heavy atom. The van der Waals surface area contributed by atoms with Crippen molar-refractivity contribution in [1.82, 2.24) is 9.97 Å². The van der Waals surface area contributed by atoms with E-state index in [1.165, 1.54) is 0 Å². The van der Waals surface area contributed by atoms with Gasteiger partial charge in [-0.25, -0.2) is 0 Å². The van der Waals surface area contributed by atoms with Gasteiger partial charge in [0.05, 0.1) is 33.0 Å². The molecule has 2 aromatic carbocycles. The summed E-state index contributed by atoms with van der Waals surface area (Å²) in [4.78, 5) is 64.7. The Hall–Kier alpha value is -6.03. The number of aromatic nitrogens is 2. The van der Waals surface area contributed by atoms with E-state index in [0.29, 0.717) is 24.2 Å². The molecule has 2 saturated carbocycles. The normalized spacial score (nSPS) is 15.2. The van der Waals surface area contributed by atoms with Crippen molar-refractivity contribution < 1.29 is 71.4 Å². The maximum Gasteiger partial charge on any atom is 0.326 e. The second kappa shape index (κ2) is 27.6. The van der Waals surface area contributed by atoms with Gasteiger partial charge in [-0.1, -0.05) is 38.5 Å². The van der Waals surface area contributed by atoms with E-state index >= 15 is 4.57 Å². The zero-order valence-electron chi connectivity index (χ0n) is 52.7. The third kappa shape index (κ3) is 18.5. The number of aromatic hydroxyl groups is 2. The van der Waals surface area contributed by atoms with Gasteiger partial charge in [-0.3, -0.25) is 42.8 Å². The van der Waals surface area contributed by atoms with Crippen LogP contribution in [0, 0.1) is 49.4 Å². The summed E-state index contributed by atoms with van der Waals surface area (Å²) in [6, 6.07) is 13.9. The predicted octanol–water partition coefficient (Wildman–Crippen LogP) is 14.0. The molecule has 2 aliphatic rings. The van der Waals surface area contributed by atoms with Crippen LogP contribution in [0.15, 0.2) is 48.5 Å². The summed E-state index contributed by atoms with van der Waals surface area (Å²) < 4.78 is 65.2. The Bertz CT molecular complexity index is 2700. The fraction of sp³-hybridized carbons (Fsp3) is 0.606. The fourth-order valence-corrected chi connectivity index (χ4v) is 11.2. The molecule has 0 saturated heterocycles. The van der Waals surface area contributed by atoms with E-state index in [-0.39, 0.29) is 34.8 Å². The van der Waals surface area contributed by atoms with Crippen LogP contribution in [0.4, 0.5) is 0 Å². The molecule has 462 valence electrons. The lowest BCUT2D eigenvalue weighted by Crippen LogP contribution is -2.51. The third-order valence-electron chi connectivity index (χ3n) is 15.2. The highest BCUT2D eigenvalue weighted by Crippen LogP contribution is 2.43. The molecular formula is C66H93N2O15P. The highest BCUT2D eigenvalue weighted by atomic mass is 31.1. The number of hydrogen-bond acceptors (Lipinski definition) is 17. The van der Waals surface area contributed by atoms with Crippen LogP contribution in [-0.4, -0.2) is 82.1 Å². The van der Waals surface area contributed by atoms with Gasteiger partial charge >= 0.3 is 32.1 Å². The summed E-state index contributed by atoms with van der Waals surface area (Å²) in [5.74, 6) is -6.56. The average molecular weight is 1190 g/mol. The maximum atomic E-state index is 15.3. The predicted molar refractivity (Wildman–Crippen MR) is 320 cm³/mol. The molecule has 2 aliphatic carbocycles. The van der Waals surface area contributed by atoms with Gasteiger partial charge in [0, 0.05) is 36.1 Å². The number of ether oxygens (including phenoxy) is 6. The van der Waals surface area contributed by atoms with E-state index in [9.17, 15) is 29.4 Å². The molecule has 2 aromatic heterocycles. The minimum atomic E-state index is -4.16. The number of rotatable bonds is 22. The van der Waals surface area contributed by atoms with E-state index in [1.54, 1.807) is 119 Å². The number of carbonyl (C=O) groups is 4. The molecule has 2 fully saturated rings. The molecule has 0 radical (unpaired) electrons. The van der Waals surface area contributed by atoms with Gasteiger partial charge in [0.25, 0.3) is 11.6 Å². The van der Waals surface area contributed by atoms with Crippen LogP contribution in [0.5, 0.6) is 23.0 Å². The van der Waals surface area contributed by atoms with Crippen molar-refractivity contribution in [2.75, 3.05) is 26.4 Å². The SMILES string of the molecule is Cc1cc(OC(COC(=O)C(C)(C)C)(COC(=O)C(C)(C)C)O[PH](=O)OC(COC(=O)C(C)(C)C)(COC(=O)C(C)(C)C)Oc2cc(C)c(Cc3ccc(O)c(C4CCCCC4)n3)c(C)c2)cc(C)c1Cc1ccc(O)c(C2CCCCC2)n1. The van der Waals surface area contributed by atoms with E-state index in [1.807, 2.05) is 39.8 Å². The molecule has 84 heavy (non-hydrogen) atoms. The number of benzene rings is 2. The lowest BCUT2D eigenvalue weighted by molar-refractivity contribution is -0.224. The van der Waals surface area contributed by atoms with Crippen molar-refractivity contribution in [3.8, 4) is 23.0 Å². The Morgan fingerprint density at radius 2 is 0.738 bits per heavy atom. The zero-order chi connectivity index (χ0) is 62.2. The Morgan fingerprint density at radius 3 is 1.00 bits per heavy atom. The average Bonchev–Trinajstić information content (AvgIpc) is 2.85. The van der Waals surface area contributed by atoms with Crippen LogP contribution in [-0.2, 0) is 64.6 Å². The van der Waals surface area contributed by atoms with Crippen molar-refractivity contribution in [2.24, 2.45) is 21.7 Å². The molecule has 4 aromatic rings. The lowest BCUT2D eigenvalue weighted by atomic mass is 9.86. The molecule has 0 aliphatic heterocycles. The number of nitrogens with zero attached hydrogens (tertiary/aromatic N) is 2. The van der Waals surface area contributed by atoms with Gasteiger partial charge < -0.3 is 38.6 Å². The third-order valence-corrected chi connectivity index (χ3v) is 16.3. The topological polar surface area (TPSA) is 225 Å². The Labute approximate surface area is 498 Å². The maximum absolute atomic E-state index is 15.3. The Kier molecular flexibility index (Phi) is 22.0. The summed E-state index contributed by atoms with van der Waals surface area (Å²) >= 11 is 0. The summed E-state index contributed by atoms with van der Waals surface area (Å²) in [5.41, 5.74) is 3.67. The summed E-state index contributed by atoms with van der Waals surface area (Å²) in [6.45, 7) is 24.2. The first-order valence-corrected chi connectivity index (χ1v) is 30.9. The quantitative estimate of drug-likeness (QED) is 0.0323. The highest BCUT2D eigenvalue weighted by molar-refractivity contribution is 7.33. The monoisotopic (exact) mass is 1180 g/mol. The first-order valence-electron chi connectivity index (χ1n) is 29.6. The second-order valence-corrected chi connectivity index (χ2v) is 28.2. The van der Waals surface area contributed by atoms with Crippen molar-refractivity contribution in [3.05, 3.63) is 105 Å². The Balaban J connectivity index is 1.43. The van der Waals surface area contributed by atoms with Gasteiger partial charge in [-0.05, 0) is 218 Å². The minimum absolute atomic E-state index is 0.156. The van der Waals surface area contributed by atoms with E-state index in [2.05, 4.69) is 0 Å². The smallest absolute Gasteiger partial charge is 0.326 e.